The fourth-order valence-electron chi connectivity index (χ4n) is 2.53. The maximum atomic E-state index is 12.5. The summed E-state index contributed by atoms with van der Waals surface area (Å²) in [6.07, 6.45) is 0. The van der Waals surface area contributed by atoms with Gasteiger partial charge in [0.2, 0.25) is 0 Å². The third-order valence-corrected chi connectivity index (χ3v) is 4.13. The fourth-order valence-corrected chi connectivity index (χ4v) is 2.74. The van der Waals surface area contributed by atoms with Crippen LogP contribution in [0.1, 0.15) is 24.1 Å². The SMILES string of the molecule is COc1ccc(OC)c(C(C)NC(=O)N(C)Cc2cccc(Cl)c2)c1.Cl. The van der Waals surface area contributed by atoms with Gasteiger partial charge in [0.05, 0.1) is 20.3 Å². The van der Waals surface area contributed by atoms with Gasteiger partial charge in [0.1, 0.15) is 11.5 Å². The van der Waals surface area contributed by atoms with E-state index in [0.717, 1.165) is 11.1 Å². The van der Waals surface area contributed by atoms with Gasteiger partial charge in [0.15, 0.2) is 0 Å². The summed E-state index contributed by atoms with van der Waals surface area (Å²) in [6, 6.07) is 12.5. The van der Waals surface area contributed by atoms with Gasteiger partial charge in [-0.1, -0.05) is 23.7 Å². The number of nitrogens with one attached hydrogen (secondary N) is 1. The van der Waals surface area contributed by atoms with Gasteiger partial charge in [0.25, 0.3) is 0 Å². The second kappa shape index (κ2) is 10.1. The van der Waals surface area contributed by atoms with E-state index in [9.17, 15) is 4.79 Å². The number of hydrogen-bond acceptors (Lipinski definition) is 3. The number of amides is 2. The lowest BCUT2D eigenvalue weighted by Crippen LogP contribution is -2.38. The van der Waals surface area contributed by atoms with Crippen molar-refractivity contribution in [2.45, 2.75) is 19.5 Å². The first-order chi connectivity index (χ1) is 11.9. The van der Waals surface area contributed by atoms with Crippen molar-refractivity contribution >= 4 is 30.0 Å². The average Bonchev–Trinajstić information content (AvgIpc) is 2.60. The Bertz CT molecular complexity index is 740. The van der Waals surface area contributed by atoms with Crippen molar-refractivity contribution in [2.24, 2.45) is 0 Å². The number of methoxy groups -OCH3 is 2. The molecular weight excluding hydrogens is 375 g/mol. The Morgan fingerprint density at radius 3 is 2.54 bits per heavy atom. The number of halogens is 2. The van der Waals surface area contributed by atoms with E-state index in [1.54, 1.807) is 26.2 Å². The smallest absolute Gasteiger partial charge is 0.317 e. The maximum Gasteiger partial charge on any atom is 0.317 e. The molecule has 0 aromatic heterocycles. The molecule has 1 unspecified atom stereocenters. The minimum absolute atomic E-state index is 0. The van der Waals surface area contributed by atoms with E-state index in [1.165, 1.54) is 0 Å². The van der Waals surface area contributed by atoms with Crippen molar-refractivity contribution < 1.29 is 14.3 Å². The van der Waals surface area contributed by atoms with E-state index in [0.29, 0.717) is 23.1 Å². The molecule has 5 nitrogen and oxygen atoms in total. The molecule has 0 saturated heterocycles. The van der Waals surface area contributed by atoms with Gasteiger partial charge >= 0.3 is 6.03 Å². The van der Waals surface area contributed by atoms with Gasteiger partial charge in [0, 0.05) is 24.2 Å². The quantitative estimate of drug-likeness (QED) is 0.767. The molecule has 26 heavy (non-hydrogen) atoms. The van der Waals surface area contributed by atoms with E-state index in [1.807, 2.05) is 49.4 Å². The first kappa shape index (κ1) is 21.9. The van der Waals surface area contributed by atoms with Gasteiger partial charge < -0.3 is 19.7 Å². The van der Waals surface area contributed by atoms with E-state index in [4.69, 9.17) is 21.1 Å². The van der Waals surface area contributed by atoms with Crippen LogP contribution in [0, 0.1) is 0 Å². The van der Waals surface area contributed by atoms with Crippen LogP contribution in [0.5, 0.6) is 11.5 Å². The lowest BCUT2D eigenvalue weighted by Gasteiger charge is -2.23. The van der Waals surface area contributed by atoms with Gasteiger partial charge in [-0.15, -0.1) is 12.4 Å². The number of urea groups is 1. The Hall–Kier alpha value is -2.11. The molecule has 0 aliphatic heterocycles. The van der Waals surface area contributed by atoms with Crippen LogP contribution in [0.2, 0.25) is 5.02 Å². The molecule has 0 aliphatic rings. The Labute approximate surface area is 165 Å². The van der Waals surface area contributed by atoms with E-state index < -0.39 is 0 Å². The van der Waals surface area contributed by atoms with Crippen LogP contribution >= 0.6 is 24.0 Å². The number of carbonyl (C=O) groups excluding carboxylic acids is 1. The summed E-state index contributed by atoms with van der Waals surface area (Å²) in [4.78, 5) is 14.1. The summed E-state index contributed by atoms with van der Waals surface area (Å²) < 4.78 is 10.6. The average molecular weight is 399 g/mol. The fraction of sp³-hybridized carbons (Fsp3) is 0.316. The lowest BCUT2D eigenvalue weighted by atomic mass is 10.1. The molecule has 0 bridgehead atoms. The third-order valence-electron chi connectivity index (χ3n) is 3.90. The van der Waals surface area contributed by atoms with Crippen molar-refractivity contribution in [3.63, 3.8) is 0 Å². The molecule has 2 aromatic rings. The number of nitrogens with zero attached hydrogens (tertiary/aromatic N) is 1. The van der Waals surface area contributed by atoms with Gasteiger partial charge in [-0.2, -0.15) is 0 Å². The molecule has 2 amide bonds. The molecular formula is C19H24Cl2N2O3. The normalized spacial score (nSPS) is 11.1. The molecule has 7 heteroatoms. The zero-order chi connectivity index (χ0) is 18.4. The van der Waals surface area contributed by atoms with Crippen molar-refractivity contribution in [2.75, 3.05) is 21.3 Å². The minimum atomic E-state index is -0.237. The predicted molar refractivity (Wildman–Crippen MR) is 107 cm³/mol. The zero-order valence-corrected chi connectivity index (χ0v) is 16.9. The Balaban J connectivity index is 0.00000338. The molecule has 142 valence electrons. The molecule has 2 rings (SSSR count). The van der Waals surface area contributed by atoms with Crippen LogP contribution < -0.4 is 14.8 Å². The van der Waals surface area contributed by atoms with Crippen LogP contribution in [-0.4, -0.2) is 32.2 Å². The number of hydrogen-bond donors (Lipinski definition) is 1. The summed E-state index contributed by atoms with van der Waals surface area (Å²) >= 11 is 5.99. The third kappa shape index (κ3) is 5.71. The number of carbonyl (C=O) groups is 1. The van der Waals surface area contributed by atoms with Gasteiger partial charge in [-0.25, -0.2) is 4.79 Å². The van der Waals surface area contributed by atoms with Crippen LogP contribution in [-0.2, 0) is 6.54 Å². The summed E-state index contributed by atoms with van der Waals surface area (Å²) in [6.45, 7) is 2.37. The first-order valence-corrected chi connectivity index (χ1v) is 8.30. The van der Waals surface area contributed by atoms with E-state index in [2.05, 4.69) is 5.32 Å². The van der Waals surface area contributed by atoms with E-state index in [-0.39, 0.29) is 24.5 Å². The molecule has 1 N–H and O–H groups in total. The van der Waals surface area contributed by atoms with Crippen LogP contribution in [0.15, 0.2) is 42.5 Å². The van der Waals surface area contributed by atoms with Crippen LogP contribution in [0.4, 0.5) is 4.79 Å². The summed E-state index contributed by atoms with van der Waals surface area (Å²) in [5, 5.41) is 3.63. The predicted octanol–water partition coefficient (Wildman–Crippen LogP) is 4.68. The van der Waals surface area contributed by atoms with Crippen molar-refractivity contribution in [3.05, 3.63) is 58.6 Å². The molecule has 1 atom stereocenters. The number of benzene rings is 2. The van der Waals surface area contributed by atoms with Gasteiger partial charge in [-0.3, -0.25) is 0 Å². The summed E-state index contributed by atoms with van der Waals surface area (Å²) in [5.41, 5.74) is 1.82. The largest absolute Gasteiger partial charge is 0.497 e. The van der Waals surface area contributed by atoms with Crippen LogP contribution in [0.3, 0.4) is 0 Å². The topological polar surface area (TPSA) is 50.8 Å². The number of rotatable bonds is 6. The highest BCUT2D eigenvalue weighted by atomic mass is 35.5. The highest BCUT2D eigenvalue weighted by Crippen LogP contribution is 2.29. The molecule has 0 fully saturated rings. The standard InChI is InChI=1S/C19H23ClN2O3.ClH/c1-13(17-11-16(24-3)8-9-18(17)25-4)21-19(23)22(2)12-14-6-5-7-15(20)10-14;/h5-11,13H,12H2,1-4H3,(H,21,23);1H. The highest BCUT2D eigenvalue weighted by molar-refractivity contribution is 6.30. The Kier molecular flexibility index (Phi) is 8.55. The molecule has 0 aliphatic carbocycles. The Morgan fingerprint density at radius 2 is 1.92 bits per heavy atom. The first-order valence-electron chi connectivity index (χ1n) is 7.92. The summed E-state index contributed by atoms with van der Waals surface area (Å²) in [7, 11) is 4.95. The van der Waals surface area contributed by atoms with Gasteiger partial charge in [-0.05, 0) is 42.8 Å². The molecule has 0 heterocycles. The van der Waals surface area contributed by atoms with Crippen LogP contribution in [0.25, 0.3) is 0 Å². The van der Waals surface area contributed by atoms with E-state index >= 15 is 0 Å². The Morgan fingerprint density at radius 1 is 1.19 bits per heavy atom. The second-order valence-corrected chi connectivity index (χ2v) is 6.20. The zero-order valence-electron chi connectivity index (χ0n) is 15.3. The summed E-state index contributed by atoms with van der Waals surface area (Å²) in [5.74, 6) is 1.41. The van der Waals surface area contributed by atoms with Crippen molar-refractivity contribution in [1.29, 1.82) is 0 Å². The van der Waals surface area contributed by atoms with Crippen molar-refractivity contribution in [1.82, 2.24) is 10.2 Å². The number of ether oxygens (including phenoxy) is 2. The highest BCUT2D eigenvalue weighted by Gasteiger charge is 2.17. The maximum absolute atomic E-state index is 12.5. The molecule has 0 radical (unpaired) electrons. The molecule has 2 aromatic carbocycles. The van der Waals surface area contributed by atoms with Crippen molar-refractivity contribution in [3.8, 4) is 11.5 Å². The molecule has 0 saturated carbocycles. The molecule has 0 spiro atoms. The monoisotopic (exact) mass is 398 g/mol. The minimum Gasteiger partial charge on any atom is -0.497 e. The lowest BCUT2D eigenvalue weighted by molar-refractivity contribution is 0.203. The second-order valence-electron chi connectivity index (χ2n) is 5.77.